The summed E-state index contributed by atoms with van der Waals surface area (Å²) < 4.78 is 36.1. The highest BCUT2D eigenvalue weighted by Crippen LogP contribution is 2.29. The van der Waals surface area contributed by atoms with Crippen LogP contribution in [0.4, 0.5) is 13.2 Å². The van der Waals surface area contributed by atoms with Crippen molar-refractivity contribution < 1.29 is 28.2 Å². The molecule has 0 amide bonds. The predicted octanol–water partition coefficient (Wildman–Crippen LogP) is 0.937. The van der Waals surface area contributed by atoms with Gasteiger partial charge in [0.05, 0.1) is 12.1 Å². The molecule has 0 radical (unpaired) electrons. The molecular weight excluding hydrogens is 217 g/mol. The minimum Gasteiger partial charge on any atom is -0.481 e. The molecule has 15 heavy (non-hydrogen) atoms. The molecule has 3 N–H and O–H groups in total. The third kappa shape index (κ3) is 2.94. The van der Waals surface area contributed by atoms with Crippen LogP contribution in [-0.4, -0.2) is 26.4 Å². The summed E-state index contributed by atoms with van der Waals surface area (Å²) in [5.74, 6) is -1.31. The zero-order chi connectivity index (χ0) is 11.6. The normalized spacial score (nSPS) is 13.9. The van der Waals surface area contributed by atoms with Gasteiger partial charge in [0.15, 0.2) is 5.69 Å². The standard InChI is InChI=1S/C7H7F3N2O3/c8-7(9,10)5-1-3(11-12-5)4(13)2-6(14)15/h1,4,13H,2H2,(H,11,12)(H,14,15). The van der Waals surface area contributed by atoms with Gasteiger partial charge in [-0.3, -0.25) is 9.89 Å². The number of H-pyrrole nitrogens is 1. The predicted molar refractivity (Wildman–Crippen MR) is 40.8 cm³/mol. The number of alkyl halides is 3. The largest absolute Gasteiger partial charge is 0.481 e. The number of aliphatic hydroxyl groups excluding tert-OH is 1. The summed E-state index contributed by atoms with van der Waals surface area (Å²) in [5.41, 5.74) is -1.47. The van der Waals surface area contributed by atoms with Crippen molar-refractivity contribution in [1.29, 1.82) is 0 Å². The summed E-state index contributed by atoms with van der Waals surface area (Å²) in [4.78, 5) is 10.2. The highest BCUT2D eigenvalue weighted by molar-refractivity contribution is 5.67. The SMILES string of the molecule is O=C(O)CC(O)c1cc(C(F)(F)F)n[nH]1. The van der Waals surface area contributed by atoms with E-state index in [1.807, 2.05) is 5.10 Å². The first-order valence-electron chi connectivity index (χ1n) is 3.83. The number of rotatable bonds is 3. The van der Waals surface area contributed by atoms with Gasteiger partial charge in [0.1, 0.15) is 6.10 Å². The molecule has 1 atom stereocenters. The van der Waals surface area contributed by atoms with Crippen LogP contribution in [0.2, 0.25) is 0 Å². The van der Waals surface area contributed by atoms with E-state index in [9.17, 15) is 18.0 Å². The molecule has 0 aliphatic carbocycles. The number of carbonyl (C=O) groups is 1. The van der Waals surface area contributed by atoms with Crippen LogP contribution in [0.1, 0.15) is 23.9 Å². The molecule has 8 heteroatoms. The first-order valence-corrected chi connectivity index (χ1v) is 3.83. The fraction of sp³-hybridized carbons (Fsp3) is 0.429. The lowest BCUT2D eigenvalue weighted by molar-refractivity contribution is -0.141. The lowest BCUT2D eigenvalue weighted by atomic mass is 10.2. The molecule has 84 valence electrons. The van der Waals surface area contributed by atoms with Gasteiger partial charge in [-0.2, -0.15) is 18.3 Å². The molecule has 1 aromatic rings. The molecule has 0 fully saturated rings. The lowest BCUT2D eigenvalue weighted by Gasteiger charge is -2.03. The van der Waals surface area contributed by atoms with Crippen LogP contribution in [0, 0.1) is 0 Å². The molecule has 5 nitrogen and oxygen atoms in total. The average Bonchev–Trinajstić information content (AvgIpc) is 2.48. The Bertz CT molecular complexity index is 361. The number of hydrogen-bond donors (Lipinski definition) is 3. The third-order valence-corrected chi connectivity index (χ3v) is 1.62. The Hall–Kier alpha value is -1.57. The van der Waals surface area contributed by atoms with Crippen molar-refractivity contribution in [3.05, 3.63) is 17.5 Å². The van der Waals surface area contributed by atoms with E-state index >= 15 is 0 Å². The van der Waals surface area contributed by atoms with Gasteiger partial charge in [-0.15, -0.1) is 0 Å². The smallest absolute Gasteiger partial charge is 0.435 e. The highest BCUT2D eigenvalue weighted by atomic mass is 19.4. The Morgan fingerprint density at radius 1 is 1.60 bits per heavy atom. The topological polar surface area (TPSA) is 86.2 Å². The fourth-order valence-electron chi connectivity index (χ4n) is 0.928. The quantitative estimate of drug-likeness (QED) is 0.713. The first-order chi connectivity index (χ1) is 6.80. The first kappa shape index (κ1) is 11.5. The molecular formula is C7H7F3N2O3. The van der Waals surface area contributed by atoms with Crippen LogP contribution in [0.5, 0.6) is 0 Å². The molecule has 0 saturated carbocycles. The molecule has 1 aromatic heterocycles. The van der Waals surface area contributed by atoms with Crippen molar-refractivity contribution in [3.8, 4) is 0 Å². The van der Waals surface area contributed by atoms with E-state index < -0.39 is 30.4 Å². The Morgan fingerprint density at radius 2 is 2.20 bits per heavy atom. The van der Waals surface area contributed by atoms with E-state index in [0.717, 1.165) is 0 Å². The van der Waals surface area contributed by atoms with E-state index in [2.05, 4.69) is 5.10 Å². The summed E-state index contributed by atoms with van der Waals surface area (Å²) in [6.45, 7) is 0. The Balaban J connectivity index is 2.80. The molecule has 0 aliphatic heterocycles. The summed E-state index contributed by atoms with van der Waals surface area (Å²) in [6.07, 6.45) is -6.82. The highest BCUT2D eigenvalue weighted by Gasteiger charge is 2.34. The second kappa shape index (κ2) is 3.89. The summed E-state index contributed by atoms with van der Waals surface area (Å²) in [5, 5.41) is 22.3. The zero-order valence-electron chi connectivity index (χ0n) is 7.25. The van der Waals surface area contributed by atoms with Gasteiger partial charge >= 0.3 is 12.1 Å². The Morgan fingerprint density at radius 3 is 2.60 bits per heavy atom. The zero-order valence-corrected chi connectivity index (χ0v) is 7.25. The number of aromatic nitrogens is 2. The van der Waals surface area contributed by atoms with Crippen LogP contribution in [0.3, 0.4) is 0 Å². The van der Waals surface area contributed by atoms with Gasteiger partial charge in [-0.05, 0) is 6.07 Å². The number of carboxylic acid groups (broad SMARTS) is 1. The number of halogens is 3. The maximum atomic E-state index is 12.0. The minimum atomic E-state index is -4.61. The summed E-state index contributed by atoms with van der Waals surface area (Å²) in [7, 11) is 0. The maximum Gasteiger partial charge on any atom is 0.435 e. The van der Waals surface area contributed by atoms with Crippen LogP contribution in [0.25, 0.3) is 0 Å². The third-order valence-electron chi connectivity index (χ3n) is 1.62. The Kier molecular flexibility index (Phi) is 2.98. The molecule has 0 bridgehead atoms. The van der Waals surface area contributed by atoms with Crippen molar-refractivity contribution in [3.63, 3.8) is 0 Å². The van der Waals surface area contributed by atoms with Gasteiger partial charge in [0.25, 0.3) is 0 Å². The molecule has 1 unspecified atom stereocenters. The average molecular weight is 224 g/mol. The lowest BCUT2D eigenvalue weighted by Crippen LogP contribution is -2.06. The van der Waals surface area contributed by atoms with Gasteiger partial charge in [-0.1, -0.05) is 0 Å². The Labute approximate surface area is 81.5 Å². The van der Waals surface area contributed by atoms with Gasteiger partial charge < -0.3 is 10.2 Å². The molecule has 1 rings (SSSR count). The van der Waals surface area contributed by atoms with Crippen LogP contribution >= 0.6 is 0 Å². The number of aliphatic hydroxyl groups is 1. The number of nitrogens with one attached hydrogen (secondary N) is 1. The molecule has 1 heterocycles. The fourth-order valence-corrected chi connectivity index (χ4v) is 0.928. The van der Waals surface area contributed by atoms with E-state index in [0.29, 0.717) is 6.07 Å². The summed E-state index contributed by atoms with van der Waals surface area (Å²) >= 11 is 0. The monoisotopic (exact) mass is 224 g/mol. The van der Waals surface area contributed by atoms with Gasteiger partial charge in [0, 0.05) is 0 Å². The summed E-state index contributed by atoms with van der Waals surface area (Å²) in [6, 6.07) is 0.577. The van der Waals surface area contributed by atoms with Crippen molar-refractivity contribution in [2.45, 2.75) is 18.7 Å². The number of carboxylic acids is 1. The van der Waals surface area contributed by atoms with E-state index in [4.69, 9.17) is 10.2 Å². The van der Waals surface area contributed by atoms with E-state index in [1.54, 1.807) is 0 Å². The van der Waals surface area contributed by atoms with Crippen molar-refractivity contribution in [2.24, 2.45) is 0 Å². The molecule has 0 aromatic carbocycles. The minimum absolute atomic E-state index is 0.273. The van der Waals surface area contributed by atoms with Gasteiger partial charge in [0.2, 0.25) is 0 Å². The van der Waals surface area contributed by atoms with E-state index in [1.165, 1.54) is 0 Å². The molecule has 0 saturated heterocycles. The van der Waals surface area contributed by atoms with E-state index in [-0.39, 0.29) is 5.69 Å². The second-order valence-corrected chi connectivity index (χ2v) is 2.82. The van der Waals surface area contributed by atoms with Crippen molar-refractivity contribution in [1.82, 2.24) is 10.2 Å². The van der Waals surface area contributed by atoms with Crippen molar-refractivity contribution in [2.75, 3.05) is 0 Å². The van der Waals surface area contributed by atoms with Crippen LogP contribution < -0.4 is 0 Å². The van der Waals surface area contributed by atoms with Gasteiger partial charge in [-0.25, -0.2) is 0 Å². The maximum absolute atomic E-state index is 12.0. The van der Waals surface area contributed by atoms with Crippen molar-refractivity contribution >= 4 is 5.97 Å². The van der Waals surface area contributed by atoms with Crippen LogP contribution in [0.15, 0.2) is 6.07 Å². The van der Waals surface area contributed by atoms with Crippen LogP contribution in [-0.2, 0) is 11.0 Å². The number of hydrogen-bond acceptors (Lipinski definition) is 3. The molecule has 0 spiro atoms. The number of aromatic amines is 1. The second-order valence-electron chi connectivity index (χ2n) is 2.82. The molecule has 0 aliphatic rings. The number of aliphatic carboxylic acids is 1. The number of nitrogens with zero attached hydrogens (tertiary/aromatic N) is 1.